The first kappa shape index (κ1) is 21.1. The lowest BCUT2D eigenvalue weighted by molar-refractivity contribution is 0.219. The molecular formula is C20H24Br2NO3P. The molecule has 3 rings (SSSR count). The van der Waals surface area contributed by atoms with Gasteiger partial charge in [0.15, 0.2) is 0 Å². The van der Waals surface area contributed by atoms with Crippen LogP contribution in [0.1, 0.15) is 26.7 Å². The molecule has 0 fully saturated rings. The van der Waals surface area contributed by atoms with Crippen LogP contribution in [0.25, 0.3) is 21.8 Å². The van der Waals surface area contributed by atoms with Crippen LogP contribution in [-0.2, 0) is 20.2 Å². The van der Waals surface area contributed by atoms with Crippen LogP contribution in [0.15, 0.2) is 45.3 Å². The zero-order valence-electron chi connectivity index (χ0n) is 15.6. The van der Waals surface area contributed by atoms with Gasteiger partial charge < -0.3 is 13.6 Å². The molecular weight excluding hydrogens is 493 g/mol. The van der Waals surface area contributed by atoms with Gasteiger partial charge in [-0.15, -0.1) is 0 Å². The number of unbranched alkanes of at least 4 members (excludes halogenated alkanes) is 1. The van der Waals surface area contributed by atoms with Crippen molar-refractivity contribution in [3.63, 3.8) is 0 Å². The van der Waals surface area contributed by atoms with E-state index in [-0.39, 0.29) is 0 Å². The molecule has 0 aliphatic carbocycles. The highest BCUT2D eigenvalue weighted by atomic mass is 79.9. The fourth-order valence-corrected chi connectivity index (χ4v) is 5.88. The third-order valence-corrected chi connectivity index (χ3v) is 7.66. The molecule has 2 aromatic carbocycles. The van der Waals surface area contributed by atoms with Gasteiger partial charge in [-0.05, 0) is 63.1 Å². The van der Waals surface area contributed by atoms with E-state index in [0.717, 1.165) is 28.3 Å². The zero-order chi connectivity index (χ0) is 19.4. The van der Waals surface area contributed by atoms with E-state index in [1.165, 1.54) is 21.8 Å². The van der Waals surface area contributed by atoms with Crippen molar-refractivity contribution in [2.24, 2.45) is 0 Å². The molecule has 7 heteroatoms. The van der Waals surface area contributed by atoms with Gasteiger partial charge in [0.2, 0.25) is 0 Å². The van der Waals surface area contributed by atoms with Gasteiger partial charge in [-0.25, -0.2) is 0 Å². The molecule has 0 saturated heterocycles. The van der Waals surface area contributed by atoms with Crippen molar-refractivity contribution in [1.29, 1.82) is 0 Å². The van der Waals surface area contributed by atoms with E-state index in [1.807, 2.05) is 13.8 Å². The number of hydrogen-bond acceptors (Lipinski definition) is 3. The molecule has 0 saturated carbocycles. The second-order valence-corrected chi connectivity index (χ2v) is 10.4. The molecule has 0 radical (unpaired) electrons. The van der Waals surface area contributed by atoms with E-state index in [9.17, 15) is 4.57 Å². The van der Waals surface area contributed by atoms with E-state index in [0.29, 0.717) is 19.4 Å². The van der Waals surface area contributed by atoms with E-state index < -0.39 is 7.60 Å². The summed E-state index contributed by atoms with van der Waals surface area (Å²) in [5.74, 6) is 0. The van der Waals surface area contributed by atoms with Crippen LogP contribution < -0.4 is 0 Å². The highest BCUT2D eigenvalue weighted by Gasteiger charge is 2.22. The highest BCUT2D eigenvalue weighted by Crippen LogP contribution is 2.48. The standard InChI is InChI=1S/C20H24Br2NO3P/c1-3-25-27(24,26-4-2)12-6-5-11-23-19-9-7-15(21)13-17(19)18-14-16(22)8-10-20(18)23/h7-10,13-14H,3-6,11-12H2,1-2H3. The van der Waals surface area contributed by atoms with Crippen molar-refractivity contribution in [3.8, 4) is 0 Å². The Labute approximate surface area is 177 Å². The van der Waals surface area contributed by atoms with E-state index >= 15 is 0 Å². The average Bonchev–Trinajstić information content (AvgIpc) is 2.92. The third-order valence-electron chi connectivity index (χ3n) is 4.50. The number of aromatic nitrogens is 1. The monoisotopic (exact) mass is 515 g/mol. The summed E-state index contributed by atoms with van der Waals surface area (Å²) in [5, 5.41) is 2.46. The number of benzene rings is 2. The van der Waals surface area contributed by atoms with Gasteiger partial charge in [0.25, 0.3) is 0 Å². The average molecular weight is 517 g/mol. The molecule has 0 atom stereocenters. The molecule has 146 valence electrons. The van der Waals surface area contributed by atoms with Crippen molar-refractivity contribution >= 4 is 61.3 Å². The molecule has 0 aliphatic heterocycles. The SMILES string of the molecule is CCOP(=O)(CCCCn1c2ccc(Br)cc2c2cc(Br)ccc21)OCC. The molecule has 0 amide bonds. The van der Waals surface area contributed by atoms with Crippen LogP contribution >= 0.6 is 39.5 Å². The Hall–Kier alpha value is -0.650. The summed E-state index contributed by atoms with van der Waals surface area (Å²) in [5.41, 5.74) is 2.42. The second kappa shape index (κ2) is 9.23. The molecule has 1 aromatic heterocycles. The first-order chi connectivity index (χ1) is 13.0. The van der Waals surface area contributed by atoms with Gasteiger partial charge >= 0.3 is 7.60 Å². The first-order valence-corrected chi connectivity index (χ1v) is 12.5. The minimum atomic E-state index is -2.96. The van der Waals surface area contributed by atoms with Gasteiger partial charge in [-0.3, -0.25) is 4.57 Å². The van der Waals surface area contributed by atoms with Crippen LogP contribution in [0, 0.1) is 0 Å². The van der Waals surface area contributed by atoms with Crippen molar-refractivity contribution in [2.75, 3.05) is 19.4 Å². The van der Waals surface area contributed by atoms with Gasteiger partial charge in [0.1, 0.15) is 0 Å². The molecule has 0 N–H and O–H groups in total. The van der Waals surface area contributed by atoms with Gasteiger partial charge in [-0.1, -0.05) is 31.9 Å². The Balaban J connectivity index is 1.81. The normalized spacial score (nSPS) is 12.3. The molecule has 27 heavy (non-hydrogen) atoms. The summed E-state index contributed by atoms with van der Waals surface area (Å²) < 4.78 is 27.9. The van der Waals surface area contributed by atoms with E-state index in [4.69, 9.17) is 9.05 Å². The quantitative estimate of drug-likeness (QED) is 0.220. The van der Waals surface area contributed by atoms with E-state index in [1.54, 1.807) is 0 Å². The molecule has 0 bridgehead atoms. The van der Waals surface area contributed by atoms with Crippen LogP contribution in [0.2, 0.25) is 0 Å². The van der Waals surface area contributed by atoms with Crippen molar-refractivity contribution in [1.82, 2.24) is 4.57 Å². The summed E-state index contributed by atoms with van der Waals surface area (Å²) in [6.45, 7) is 5.38. The minimum Gasteiger partial charge on any atom is -0.340 e. The van der Waals surface area contributed by atoms with Gasteiger partial charge in [0.05, 0.1) is 19.4 Å². The molecule has 3 aromatic rings. The summed E-state index contributed by atoms with van der Waals surface area (Å²) in [7, 11) is -2.96. The second-order valence-electron chi connectivity index (χ2n) is 6.35. The maximum atomic E-state index is 12.6. The summed E-state index contributed by atoms with van der Waals surface area (Å²) in [4.78, 5) is 0. The maximum absolute atomic E-state index is 12.6. The lowest BCUT2D eigenvalue weighted by Gasteiger charge is -2.17. The van der Waals surface area contributed by atoms with Crippen LogP contribution in [0.3, 0.4) is 0 Å². The van der Waals surface area contributed by atoms with Crippen LogP contribution in [0.5, 0.6) is 0 Å². The Morgan fingerprint density at radius 3 is 1.89 bits per heavy atom. The van der Waals surface area contributed by atoms with E-state index in [2.05, 4.69) is 72.8 Å². The number of halogens is 2. The van der Waals surface area contributed by atoms with Crippen LogP contribution in [0.4, 0.5) is 0 Å². The summed E-state index contributed by atoms with van der Waals surface area (Å²) >= 11 is 7.16. The smallest absolute Gasteiger partial charge is 0.330 e. The number of fused-ring (bicyclic) bond motifs is 3. The topological polar surface area (TPSA) is 40.5 Å². The minimum absolute atomic E-state index is 0.411. The third kappa shape index (κ3) is 4.86. The molecule has 0 unspecified atom stereocenters. The largest absolute Gasteiger partial charge is 0.340 e. The fraction of sp³-hybridized carbons (Fsp3) is 0.400. The Morgan fingerprint density at radius 2 is 1.41 bits per heavy atom. The number of nitrogens with zero attached hydrogens (tertiary/aromatic N) is 1. The van der Waals surface area contributed by atoms with Crippen molar-refractivity contribution in [2.45, 2.75) is 33.2 Å². The Bertz CT molecular complexity index is 917. The van der Waals surface area contributed by atoms with Crippen LogP contribution in [-0.4, -0.2) is 23.9 Å². The molecule has 4 nitrogen and oxygen atoms in total. The Morgan fingerprint density at radius 1 is 0.889 bits per heavy atom. The van der Waals surface area contributed by atoms with Gasteiger partial charge in [0, 0.05) is 37.3 Å². The highest BCUT2D eigenvalue weighted by molar-refractivity contribution is 9.10. The first-order valence-electron chi connectivity index (χ1n) is 9.22. The number of rotatable bonds is 9. The maximum Gasteiger partial charge on any atom is 0.330 e. The molecule has 0 aliphatic rings. The lowest BCUT2D eigenvalue weighted by atomic mass is 10.2. The lowest BCUT2D eigenvalue weighted by Crippen LogP contribution is -2.03. The number of aryl methyl sites for hydroxylation is 1. The van der Waals surface area contributed by atoms with Gasteiger partial charge in [-0.2, -0.15) is 0 Å². The number of hydrogen-bond donors (Lipinski definition) is 0. The van der Waals surface area contributed by atoms with Crippen molar-refractivity contribution < 1.29 is 13.6 Å². The zero-order valence-corrected chi connectivity index (χ0v) is 19.6. The molecule has 1 heterocycles. The van der Waals surface area contributed by atoms with Crippen molar-refractivity contribution in [3.05, 3.63) is 45.3 Å². The predicted octanol–water partition coefficient (Wildman–Crippen LogP) is 7.37. The summed E-state index contributed by atoms with van der Waals surface area (Å²) in [6, 6.07) is 12.8. The predicted molar refractivity (Wildman–Crippen MR) is 120 cm³/mol. The summed E-state index contributed by atoms with van der Waals surface area (Å²) in [6.07, 6.45) is 2.17. The fourth-order valence-electron chi connectivity index (χ4n) is 3.42. The molecule has 0 spiro atoms. The Kier molecular flexibility index (Phi) is 7.20.